The van der Waals surface area contributed by atoms with Crippen molar-refractivity contribution in [2.24, 2.45) is 5.92 Å². The van der Waals surface area contributed by atoms with Gasteiger partial charge in [0, 0.05) is 22.8 Å². The Morgan fingerprint density at radius 1 is 0.867 bits per heavy atom. The van der Waals surface area contributed by atoms with Crippen molar-refractivity contribution in [3.63, 3.8) is 0 Å². The zero-order chi connectivity index (χ0) is 20.9. The predicted molar refractivity (Wildman–Crippen MR) is 118 cm³/mol. The number of carbonyl (C=O) groups is 2. The van der Waals surface area contributed by atoms with Gasteiger partial charge in [-0.3, -0.25) is 4.79 Å². The molecule has 3 aromatic carbocycles. The van der Waals surface area contributed by atoms with E-state index >= 15 is 0 Å². The normalized spacial score (nSPS) is 11.9. The SMILES string of the molecule is O=C(O)c1ccc(NC(=O)C(Cc2ccccc2)Cc2cc3ccccc3[nH]2)cc1. The van der Waals surface area contributed by atoms with E-state index in [2.05, 4.69) is 16.4 Å². The minimum Gasteiger partial charge on any atom is -0.478 e. The van der Waals surface area contributed by atoms with Gasteiger partial charge in [0.1, 0.15) is 0 Å². The Bertz CT molecular complexity index is 1130. The number of hydrogen-bond acceptors (Lipinski definition) is 2. The third kappa shape index (κ3) is 4.58. The van der Waals surface area contributed by atoms with Crippen molar-refractivity contribution in [3.8, 4) is 0 Å². The summed E-state index contributed by atoms with van der Waals surface area (Å²) in [6.45, 7) is 0. The van der Waals surface area contributed by atoms with E-state index in [9.17, 15) is 9.59 Å². The summed E-state index contributed by atoms with van der Waals surface area (Å²) in [5.41, 5.74) is 3.92. The van der Waals surface area contributed by atoms with E-state index in [0.717, 1.165) is 22.2 Å². The number of anilines is 1. The number of hydrogen-bond donors (Lipinski definition) is 3. The van der Waals surface area contributed by atoms with Gasteiger partial charge in [0.2, 0.25) is 5.91 Å². The number of carboxylic acid groups (broad SMARTS) is 1. The van der Waals surface area contributed by atoms with Gasteiger partial charge in [-0.1, -0.05) is 48.5 Å². The van der Waals surface area contributed by atoms with Crippen molar-refractivity contribution in [1.29, 1.82) is 0 Å². The molecule has 1 heterocycles. The second kappa shape index (κ2) is 8.66. The molecule has 3 N–H and O–H groups in total. The number of benzene rings is 3. The summed E-state index contributed by atoms with van der Waals surface area (Å²) in [7, 11) is 0. The van der Waals surface area contributed by atoms with Crippen LogP contribution in [0.5, 0.6) is 0 Å². The first kappa shape index (κ1) is 19.5. The number of aromatic carboxylic acids is 1. The summed E-state index contributed by atoms with van der Waals surface area (Å²) in [4.78, 5) is 27.6. The number of nitrogens with one attached hydrogen (secondary N) is 2. The lowest BCUT2D eigenvalue weighted by molar-refractivity contribution is -0.119. The number of aromatic amines is 1. The second-order valence-corrected chi connectivity index (χ2v) is 7.34. The van der Waals surface area contributed by atoms with Gasteiger partial charge in [-0.25, -0.2) is 4.79 Å². The number of amides is 1. The van der Waals surface area contributed by atoms with E-state index in [1.807, 2.05) is 54.6 Å². The predicted octanol–water partition coefficient (Wildman–Crippen LogP) is 4.91. The Morgan fingerprint density at radius 2 is 1.57 bits per heavy atom. The maximum Gasteiger partial charge on any atom is 0.335 e. The molecule has 0 saturated carbocycles. The van der Waals surface area contributed by atoms with E-state index in [0.29, 0.717) is 18.5 Å². The number of rotatable bonds is 7. The second-order valence-electron chi connectivity index (χ2n) is 7.34. The lowest BCUT2D eigenvalue weighted by Crippen LogP contribution is -2.26. The molecule has 1 amide bonds. The molecule has 0 aliphatic heterocycles. The Labute approximate surface area is 174 Å². The van der Waals surface area contributed by atoms with Gasteiger partial charge in [-0.2, -0.15) is 0 Å². The van der Waals surface area contributed by atoms with Gasteiger partial charge in [0.05, 0.1) is 5.56 Å². The largest absolute Gasteiger partial charge is 0.478 e. The molecule has 4 aromatic rings. The average molecular weight is 398 g/mol. The molecule has 0 saturated heterocycles. The molecule has 0 spiro atoms. The maximum atomic E-state index is 13.1. The summed E-state index contributed by atoms with van der Waals surface area (Å²) in [6.07, 6.45) is 1.18. The van der Waals surface area contributed by atoms with Crippen molar-refractivity contribution in [2.45, 2.75) is 12.8 Å². The van der Waals surface area contributed by atoms with Crippen LogP contribution in [0.3, 0.4) is 0 Å². The smallest absolute Gasteiger partial charge is 0.335 e. The van der Waals surface area contributed by atoms with Gasteiger partial charge in [0.15, 0.2) is 0 Å². The summed E-state index contributed by atoms with van der Waals surface area (Å²) in [6, 6.07) is 26.3. The Kier molecular flexibility index (Phi) is 5.61. The van der Waals surface area contributed by atoms with E-state index < -0.39 is 5.97 Å². The minimum absolute atomic E-state index is 0.0967. The molecule has 0 bridgehead atoms. The molecule has 30 heavy (non-hydrogen) atoms. The van der Waals surface area contributed by atoms with Crippen molar-refractivity contribution in [3.05, 3.63) is 102 Å². The van der Waals surface area contributed by atoms with Gasteiger partial charge < -0.3 is 15.4 Å². The van der Waals surface area contributed by atoms with Crippen LogP contribution in [0.1, 0.15) is 21.6 Å². The highest BCUT2D eigenvalue weighted by atomic mass is 16.4. The number of carbonyl (C=O) groups excluding carboxylic acids is 1. The van der Waals surface area contributed by atoms with Crippen LogP contribution in [0, 0.1) is 5.92 Å². The first-order valence-corrected chi connectivity index (χ1v) is 9.83. The molecule has 0 fully saturated rings. The molecule has 1 unspecified atom stereocenters. The fraction of sp³-hybridized carbons (Fsp3) is 0.120. The fourth-order valence-corrected chi connectivity index (χ4v) is 3.61. The molecule has 1 aromatic heterocycles. The topological polar surface area (TPSA) is 82.2 Å². The van der Waals surface area contributed by atoms with Crippen LogP contribution in [-0.2, 0) is 17.6 Å². The molecule has 150 valence electrons. The van der Waals surface area contributed by atoms with E-state index in [-0.39, 0.29) is 17.4 Å². The number of aromatic nitrogens is 1. The van der Waals surface area contributed by atoms with E-state index in [4.69, 9.17) is 5.11 Å². The van der Waals surface area contributed by atoms with Crippen molar-refractivity contribution < 1.29 is 14.7 Å². The molecular weight excluding hydrogens is 376 g/mol. The Morgan fingerprint density at radius 3 is 2.27 bits per heavy atom. The van der Waals surface area contributed by atoms with E-state index in [1.54, 1.807) is 12.1 Å². The zero-order valence-electron chi connectivity index (χ0n) is 16.3. The molecule has 5 heteroatoms. The lowest BCUT2D eigenvalue weighted by atomic mass is 9.93. The average Bonchev–Trinajstić information content (AvgIpc) is 3.17. The van der Waals surface area contributed by atoms with Gasteiger partial charge >= 0.3 is 5.97 Å². The minimum atomic E-state index is -0.992. The zero-order valence-corrected chi connectivity index (χ0v) is 16.3. The van der Waals surface area contributed by atoms with Crippen LogP contribution in [-0.4, -0.2) is 22.0 Å². The molecular formula is C25H22N2O3. The molecule has 5 nitrogen and oxygen atoms in total. The molecule has 0 radical (unpaired) electrons. The Balaban J connectivity index is 1.55. The molecule has 0 aliphatic rings. The molecule has 0 aliphatic carbocycles. The number of H-pyrrole nitrogens is 1. The van der Waals surface area contributed by atoms with E-state index in [1.165, 1.54) is 12.1 Å². The summed E-state index contributed by atoms with van der Waals surface area (Å²) >= 11 is 0. The highest BCUT2D eigenvalue weighted by Crippen LogP contribution is 2.21. The number of para-hydroxylation sites is 1. The van der Waals surface area contributed by atoms with Crippen LogP contribution in [0.15, 0.2) is 84.9 Å². The third-order valence-electron chi connectivity index (χ3n) is 5.15. The van der Waals surface area contributed by atoms with Crippen LogP contribution in [0.4, 0.5) is 5.69 Å². The van der Waals surface area contributed by atoms with Gasteiger partial charge in [0.25, 0.3) is 0 Å². The number of fused-ring (bicyclic) bond motifs is 1. The standard InChI is InChI=1S/C25H22N2O3/c28-24(27-21-12-10-18(11-13-21)25(29)30)20(14-17-6-2-1-3-7-17)16-22-15-19-8-4-5-9-23(19)26-22/h1-13,15,20,26H,14,16H2,(H,27,28)(H,29,30). The van der Waals surface area contributed by atoms with Crippen LogP contribution < -0.4 is 5.32 Å². The lowest BCUT2D eigenvalue weighted by Gasteiger charge is -2.17. The molecule has 4 rings (SSSR count). The molecule has 1 atom stereocenters. The van der Waals surface area contributed by atoms with Gasteiger partial charge in [-0.05, 0) is 60.2 Å². The first-order valence-electron chi connectivity index (χ1n) is 9.83. The van der Waals surface area contributed by atoms with Crippen LogP contribution >= 0.6 is 0 Å². The third-order valence-corrected chi connectivity index (χ3v) is 5.15. The first-order chi connectivity index (χ1) is 14.6. The monoisotopic (exact) mass is 398 g/mol. The Hall–Kier alpha value is -3.86. The highest BCUT2D eigenvalue weighted by molar-refractivity contribution is 5.94. The quantitative estimate of drug-likeness (QED) is 0.414. The maximum absolute atomic E-state index is 13.1. The van der Waals surface area contributed by atoms with Crippen LogP contribution in [0.25, 0.3) is 10.9 Å². The highest BCUT2D eigenvalue weighted by Gasteiger charge is 2.21. The van der Waals surface area contributed by atoms with Crippen molar-refractivity contribution in [1.82, 2.24) is 4.98 Å². The number of carboxylic acids is 1. The summed E-state index contributed by atoms with van der Waals surface area (Å²) < 4.78 is 0. The summed E-state index contributed by atoms with van der Waals surface area (Å²) in [5, 5.41) is 13.1. The summed E-state index contributed by atoms with van der Waals surface area (Å²) in [5.74, 6) is -1.37. The van der Waals surface area contributed by atoms with Crippen LogP contribution in [0.2, 0.25) is 0 Å². The van der Waals surface area contributed by atoms with Gasteiger partial charge in [-0.15, -0.1) is 0 Å². The fourth-order valence-electron chi connectivity index (χ4n) is 3.61. The van der Waals surface area contributed by atoms with Crippen molar-refractivity contribution >= 4 is 28.5 Å². The van der Waals surface area contributed by atoms with Crippen molar-refractivity contribution in [2.75, 3.05) is 5.32 Å².